The molecule has 0 aliphatic carbocycles. The third kappa shape index (κ3) is 3.32. The van der Waals surface area contributed by atoms with Crippen molar-refractivity contribution in [1.29, 1.82) is 0 Å². The minimum absolute atomic E-state index is 0.0185. The molecule has 0 spiro atoms. The van der Waals surface area contributed by atoms with Crippen molar-refractivity contribution < 1.29 is 14.7 Å². The molecule has 0 atom stereocenters. The first-order valence-electron chi connectivity index (χ1n) is 7.27. The van der Waals surface area contributed by atoms with Gasteiger partial charge in [0.1, 0.15) is 0 Å². The maximum Gasteiger partial charge on any atom is 0.320 e. The van der Waals surface area contributed by atoms with Gasteiger partial charge in [-0.15, -0.1) is 6.58 Å². The molecule has 0 aromatic carbocycles. The molecule has 1 N–H and O–H groups in total. The zero-order valence-corrected chi connectivity index (χ0v) is 12.8. The number of urea groups is 1. The summed E-state index contributed by atoms with van der Waals surface area (Å²) < 4.78 is 0. The maximum atomic E-state index is 12.5. The summed E-state index contributed by atoms with van der Waals surface area (Å²) in [5.41, 5.74) is -0.655. The minimum atomic E-state index is -0.737. The number of carboxylic acid groups (broad SMARTS) is 1. The summed E-state index contributed by atoms with van der Waals surface area (Å²) in [5, 5.41) is 9.37. The van der Waals surface area contributed by atoms with Gasteiger partial charge in [0.25, 0.3) is 0 Å². The van der Waals surface area contributed by atoms with Gasteiger partial charge in [0.2, 0.25) is 0 Å². The number of nitrogens with zero attached hydrogens (tertiary/aromatic N) is 2. The molecule has 0 saturated carbocycles. The SMILES string of the molecule is C=CCN(C(=O)N1CCC(CC)(C(=O)O)CC1)C(C)C. The molecule has 0 radical (unpaired) electrons. The summed E-state index contributed by atoms with van der Waals surface area (Å²) >= 11 is 0. The molecule has 20 heavy (non-hydrogen) atoms. The molecule has 1 aliphatic rings. The molecule has 0 bridgehead atoms. The molecular formula is C15H26N2O3. The Morgan fingerprint density at radius 3 is 2.30 bits per heavy atom. The van der Waals surface area contributed by atoms with E-state index in [9.17, 15) is 14.7 Å². The number of hydrogen-bond acceptors (Lipinski definition) is 2. The molecule has 1 heterocycles. The number of rotatable bonds is 5. The van der Waals surface area contributed by atoms with E-state index >= 15 is 0 Å². The smallest absolute Gasteiger partial charge is 0.320 e. The van der Waals surface area contributed by atoms with Gasteiger partial charge < -0.3 is 14.9 Å². The first-order chi connectivity index (χ1) is 9.38. The van der Waals surface area contributed by atoms with Gasteiger partial charge in [0, 0.05) is 25.7 Å². The third-order valence-corrected chi connectivity index (χ3v) is 4.32. The van der Waals surface area contributed by atoms with Gasteiger partial charge in [-0.3, -0.25) is 4.79 Å². The first kappa shape index (κ1) is 16.5. The summed E-state index contributed by atoms with van der Waals surface area (Å²) in [7, 11) is 0. The molecule has 1 saturated heterocycles. The standard InChI is InChI=1S/C15H26N2O3/c1-5-9-17(12(3)4)14(20)16-10-7-15(6-2,8-11-16)13(18)19/h5,12H,1,6-11H2,2-4H3,(H,18,19). The van der Waals surface area contributed by atoms with Crippen LogP contribution >= 0.6 is 0 Å². The van der Waals surface area contributed by atoms with Gasteiger partial charge in [0.05, 0.1) is 5.41 Å². The van der Waals surface area contributed by atoms with E-state index in [0.717, 1.165) is 0 Å². The average molecular weight is 282 g/mol. The number of carbonyl (C=O) groups is 2. The van der Waals surface area contributed by atoms with Crippen LogP contribution < -0.4 is 0 Å². The van der Waals surface area contributed by atoms with Crippen molar-refractivity contribution in [3.8, 4) is 0 Å². The quantitative estimate of drug-likeness (QED) is 0.788. The lowest BCUT2D eigenvalue weighted by atomic mass is 9.76. The molecule has 0 aromatic heterocycles. The van der Waals surface area contributed by atoms with Crippen molar-refractivity contribution in [3.05, 3.63) is 12.7 Å². The van der Waals surface area contributed by atoms with Crippen molar-refractivity contribution in [2.75, 3.05) is 19.6 Å². The van der Waals surface area contributed by atoms with E-state index in [-0.39, 0.29) is 12.1 Å². The fraction of sp³-hybridized carbons (Fsp3) is 0.733. The van der Waals surface area contributed by atoms with Gasteiger partial charge in [-0.25, -0.2) is 4.79 Å². The second-order valence-electron chi connectivity index (χ2n) is 5.74. The van der Waals surface area contributed by atoms with E-state index in [1.807, 2.05) is 20.8 Å². The van der Waals surface area contributed by atoms with E-state index in [2.05, 4.69) is 6.58 Å². The van der Waals surface area contributed by atoms with Gasteiger partial charge in [-0.05, 0) is 33.1 Å². The van der Waals surface area contributed by atoms with Crippen molar-refractivity contribution in [2.24, 2.45) is 5.41 Å². The average Bonchev–Trinajstić information content (AvgIpc) is 2.43. The van der Waals surface area contributed by atoms with Gasteiger partial charge in [0.15, 0.2) is 0 Å². The van der Waals surface area contributed by atoms with Crippen LogP contribution in [0.1, 0.15) is 40.0 Å². The number of aliphatic carboxylic acids is 1. The monoisotopic (exact) mass is 282 g/mol. The van der Waals surface area contributed by atoms with E-state index in [0.29, 0.717) is 38.9 Å². The van der Waals surface area contributed by atoms with Gasteiger partial charge >= 0.3 is 12.0 Å². The second kappa shape index (κ2) is 6.77. The Bertz CT molecular complexity index is 371. The molecule has 5 nitrogen and oxygen atoms in total. The highest BCUT2D eigenvalue weighted by atomic mass is 16.4. The van der Waals surface area contributed by atoms with Crippen molar-refractivity contribution >= 4 is 12.0 Å². The Kier molecular flexibility index (Phi) is 5.60. The lowest BCUT2D eigenvalue weighted by Crippen LogP contribution is -2.52. The highest BCUT2D eigenvalue weighted by molar-refractivity contribution is 5.77. The lowest BCUT2D eigenvalue weighted by Gasteiger charge is -2.40. The predicted octanol–water partition coefficient (Wildman–Crippen LogP) is 2.58. The van der Waals surface area contributed by atoms with Crippen LogP contribution in [0.2, 0.25) is 0 Å². The van der Waals surface area contributed by atoms with Crippen LogP contribution in [-0.4, -0.2) is 52.6 Å². The second-order valence-corrected chi connectivity index (χ2v) is 5.74. The summed E-state index contributed by atoms with van der Waals surface area (Å²) in [5.74, 6) is -0.737. The van der Waals surface area contributed by atoms with Crippen LogP contribution in [0.15, 0.2) is 12.7 Å². The van der Waals surface area contributed by atoms with E-state index < -0.39 is 11.4 Å². The van der Waals surface area contributed by atoms with E-state index in [1.54, 1.807) is 15.9 Å². The Balaban J connectivity index is 2.71. The lowest BCUT2D eigenvalue weighted by molar-refractivity contribution is -0.152. The van der Waals surface area contributed by atoms with E-state index in [1.165, 1.54) is 0 Å². The molecule has 0 aromatic rings. The number of carboxylic acids is 1. The molecule has 1 aliphatic heterocycles. The number of hydrogen-bond donors (Lipinski definition) is 1. The van der Waals surface area contributed by atoms with Crippen molar-refractivity contribution in [3.63, 3.8) is 0 Å². The van der Waals surface area contributed by atoms with Crippen LogP contribution in [0.4, 0.5) is 4.79 Å². The molecule has 5 heteroatoms. The van der Waals surface area contributed by atoms with Gasteiger partial charge in [-0.1, -0.05) is 13.0 Å². The Morgan fingerprint density at radius 2 is 1.95 bits per heavy atom. The Morgan fingerprint density at radius 1 is 1.40 bits per heavy atom. The molecule has 1 rings (SSSR count). The van der Waals surface area contributed by atoms with Crippen molar-refractivity contribution in [2.45, 2.75) is 46.1 Å². The van der Waals surface area contributed by atoms with Crippen LogP contribution in [0.5, 0.6) is 0 Å². The minimum Gasteiger partial charge on any atom is -0.481 e. The number of amides is 2. The highest BCUT2D eigenvalue weighted by Crippen LogP contribution is 2.35. The van der Waals surface area contributed by atoms with Crippen LogP contribution in [0.3, 0.4) is 0 Å². The molecular weight excluding hydrogens is 256 g/mol. The van der Waals surface area contributed by atoms with Crippen molar-refractivity contribution in [1.82, 2.24) is 9.80 Å². The number of carbonyl (C=O) groups excluding carboxylic acids is 1. The Labute approximate surface area is 121 Å². The summed E-state index contributed by atoms with van der Waals surface area (Å²) in [4.78, 5) is 27.4. The highest BCUT2D eigenvalue weighted by Gasteiger charge is 2.41. The maximum absolute atomic E-state index is 12.5. The zero-order chi connectivity index (χ0) is 15.3. The summed E-state index contributed by atoms with van der Waals surface area (Å²) in [6.07, 6.45) is 3.40. The normalized spacial score (nSPS) is 17.9. The van der Waals surface area contributed by atoms with Crippen LogP contribution in [0, 0.1) is 5.41 Å². The van der Waals surface area contributed by atoms with Crippen LogP contribution in [0.25, 0.3) is 0 Å². The van der Waals surface area contributed by atoms with Gasteiger partial charge in [-0.2, -0.15) is 0 Å². The fourth-order valence-corrected chi connectivity index (χ4v) is 2.68. The molecule has 114 valence electrons. The fourth-order valence-electron chi connectivity index (χ4n) is 2.68. The topological polar surface area (TPSA) is 60.9 Å². The largest absolute Gasteiger partial charge is 0.481 e. The first-order valence-corrected chi connectivity index (χ1v) is 7.27. The number of likely N-dealkylation sites (tertiary alicyclic amines) is 1. The summed E-state index contributed by atoms with van der Waals surface area (Å²) in [6.45, 7) is 11.1. The van der Waals surface area contributed by atoms with E-state index in [4.69, 9.17) is 0 Å². The predicted molar refractivity (Wildman–Crippen MR) is 78.6 cm³/mol. The number of piperidine rings is 1. The molecule has 2 amide bonds. The molecule has 0 unspecified atom stereocenters. The Hall–Kier alpha value is -1.52. The van der Waals surface area contributed by atoms with Crippen LogP contribution in [-0.2, 0) is 4.79 Å². The molecule has 1 fully saturated rings. The zero-order valence-electron chi connectivity index (χ0n) is 12.8. The third-order valence-electron chi connectivity index (χ3n) is 4.32. The summed E-state index contributed by atoms with van der Waals surface area (Å²) in [6, 6.07) is 0.0906.